The van der Waals surface area contributed by atoms with E-state index >= 15 is 0 Å². The Labute approximate surface area is 143 Å². The van der Waals surface area contributed by atoms with Crippen molar-refractivity contribution >= 4 is 0 Å². The van der Waals surface area contributed by atoms with Crippen molar-refractivity contribution in [2.24, 2.45) is 0 Å². The number of rotatable bonds is 5. The molecule has 0 bridgehead atoms. The first-order valence-corrected chi connectivity index (χ1v) is 8.31. The molecule has 0 saturated carbocycles. The first-order valence-electron chi connectivity index (χ1n) is 8.31. The van der Waals surface area contributed by atoms with E-state index in [9.17, 15) is 10.2 Å². The molecule has 0 aliphatic heterocycles. The number of para-hydroxylation sites is 1. The van der Waals surface area contributed by atoms with Crippen molar-refractivity contribution in [3.8, 4) is 11.5 Å². The van der Waals surface area contributed by atoms with Gasteiger partial charge in [-0.15, -0.1) is 0 Å². The molecule has 0 fully saturated rings. The van der Waals surface area contributed by atoms with Crippen LogP contribution in [0.25, 0.3) is 0 Å². The standard InChI is InChI=1S/C22H22O2/c1-2-19-12-11-18(15-22(19)24)13-16-7-9-17(10-8-16)14-20-5-3-4-6-21(20)23/h3-12,15,23-24H,2,13-14H2,1H3. The Hall–Kier alpha value is -2.74. The highest BCUT2D eigenvalue weighted by Crippen LogP contribution is 2.23. The Morgan fingerprint density at radius 1 is 0.625 bits per heavy atom. The minimum atomic E-state index is 0.341. The second kappa shape index (κ2) is 7.22. The van der Waals surface area contributed by atoms with Crippen LogP contribution in [0.3, 0.4) is 0 Å². The Kier molecular flexibility index (Phi) is 4.85. The van der Waals surface area contributed by atoms with Gasteiger partial charge < -0.3 is 10.2 Å². The highest BCUT2D eigenvalue weighted by atomic mass is 16.3. The molecule has 2 nitrogen and oxygen atoms in total. The van der Waals surface area contributed by atoms with Gasteiger partial charge in [0, 0.05) is 6.42 Å². The van der Waals surface area contributed by atoms with Crippen molar-refractivity contribution in [1.82, 2.24) is 0 Å². The third-order valence-corrected chi connectivity index (χ3v) is 4.35. The van der Waals surface area contributed by atoms with Crippen LogP contribution in [0.4, 0.5) is 0 Å². The number of hydrogen-bond acceptors (Lipinski definition) is 2. The van der Waals surface area contributed by atoms with E-state index in [1.807, 2.05) is 37.3 Å². The van der Waals surface area contributed by atoms with Gasteiger partial charge in [-0.05, 0) is 52.8 Å². The zero-order chi connectivity index (χ0) is 16.9. The summed E-state index contributed by atoms with van der Waals surface area (Å²) in [6.07, 6.45) is 2.36. The first kappa shape index (κ1) is 16.1. The van der Waals surface area contributed by atoms with Gasteiger partial charge in [0.2, 0.25) is 0 Å². The van der Waals surface area contributed by atoms with Crippen LogP contribution in [0, 0.1) is 0 Å². The zero-order valence-corrected chi connectivity index (χ0v) is 13.9. The normalized spacial score (nSPS) is 10.7. The van der Waals surface area contributed by atoms with Gasteiger partial charge in [0.05, 0.1) is 0 Å². The SMILES string of the molecule is CCc1ccc(Cc2ccc(Cc3ccccc3O)cc2)cc1O. The lowest BCUT2D eigenvalue weighted by Crippen LogP contribution is -1.92. The largest absolute Gasteiger partial charge is 0.508 e. The smallest absolute Gasteiger partial charge is 0.119 e. The minimum Gasteiger partial charge on any atom is -0.508 e. The summed E-state index contributed by atoms with van der Waals surface area (Å²) in [4.78, 5) is 0. The van der Waals surface area contributed by atoms with Gasteiger partial charge >= 0.3 is 0 Å². The van der Waals surface area contributed by atoms with Crippen molar-refractivity contribution in [3.05, 3.63) is 94.5 Å². The Balaban J connectivity index is 1.70. The summed E-state index contributed by atoms with van der Waals surface area (Å²) in [6, 6.07) is 21.8. The lowest BCUT2D eigenvalue weighted by atomic mass is 9.99. The van der Waals surface area contributed by atoms with Crippen LogP contribution >= 0.6 is 0 Å². The first-order chi connectivity index (χ1) is 11.7. The third-order valence-electron chi connectivity index (χ3n) is 4.35. The average molecular weight is 318 g/mol. The van der Waals surface area contributed by atoms with Crippen LogP contribution in [-0.4, -0.2) is 10.2 Å². The zero-order valence-electron chi connectivity index (χ0n) is 13.9. The monoisotopic (exact) mass is 318 g/mol. The van der Waals surface area contributed by atoms with Crippen LogP contribution in [0.5, 0.6) is 11.5 Å². The summed E-state index contributed by atoms with van der Waals surface area (Å²) in [5.41, 5.74) is 5.41. The van der Waals surface area contributed by atoms with Gasteiger partial charge in [0.25, 0.3) is 0 Å². The molecule has 0 heterocycles. The summed E-state index contributed by atoms with van der Waals surface area (Å²) in [5.74, 6) is 0.722. The van der Waals surface area contributed by atoms with Crippen molar-refractivity contribution in [2.75, 3.05) is 0 Å². The number of aryl methyl sites for hydroxylation is 1. The van der Waals surface area contributed by atoms with Crippen LogP contribution in [-0.2, 0) is 19.3 Å². The lowest BCUT2D eigenvalue weighted by molar-refractivity contribution is 0.468. The van der Waals surface area contributed by atoms with Gasteiger partial charge in [0.1, 0.15) is 11.5 Å². The maximum atomic E-state index is 9.98. The Bertz CT molecular complexity index is 820. The van der Waals surface area contributed by atoms with Crippen LogP contribution < -0.4 is 0 Å². The summed E-state index contributed by atoms with van der Waals surface area (Å²) in [6.45, 7) is 2.04. The van der Waals surface area contributed by atoms with Crippen molar-refractivity contribution < 1.29 is 10.2 Å². The van der Waals surface area contributed by atoms with Crippen molar-refractivity contribution in [3.63, 3.8) is 0 Å². The molecule has 24 heavy (non-hydrogen) atoms. The molecule has 0 amide bonds. The molecule has 3 aromatic carbocycles. The number of benzene rings is 3. The highest BCUT2D eigenvalue weighted by Gasteiger charge is 2.04. The lowest BCUT2D eigenvalue weighted by Gasteiger charge is -2.08. The van der Waals surface area contributed by atoms with E-state index in [1.165, 1.54) is 11.1 Å². The average Bonchev–Trinajstić information content (AvgIpc) is 2.59. The summed E-state index contributed by atoms with van der Waals surface area (Å²) in [5, 5.41) is 19.8. The topological polar surface area (TPSA) is 40.5 Å². The van der Waals surface area contributed by atoms with Gasteiger partial charge in [-0.3, -0.25) is 0 Å². The molecule has 3 rings (SSSR count). The second-order valence-corrected chi connectivity index (χ2v) is 6.12. The maximum Gasteiger partial charge on any atom is 0.119 e. The molecular formula is C22H22O2. The molecule has 0 spiro atoms. The summed E-state index contributed by atoms with van der Waals surface area (Å²) >= 11 is 0. The molecule has 0 radical (unpaired) electrons. The summed E-state index contributed by atoms with van der Waals surface area (Å²) in [7, 11) is 0. The number of phenols is 2. The quantitative estimate of drug-likeness (QED) is 0.706. The van der Waals surface area contributed by atoms with E-state index in [1.54, 1.807) is 6.07 Å². The predicted molar refractivity (Wildman–Crippen MR) is 97.6 cm³/mol. The summed E-state index contributed by atoms with van der Waals surface area (Å²) < 4.78 is 0. The Morgan fingerprint density at radius 3 is 1.88 bits per heavy atom. The molecule has 0 aliphatic rings. The molecule has 2 heteroatoms. The van der Waals surface area contributed by atoms with E-state index < -0.39 is 0 Å². The number of phenolic OH excluding ortho intramolecular Hbond substituents is 2. The maximum absolute atomic E-state index is 9.98. The minimum absolute atomic E-state index is 0.341. The van der Waals surface area contributed by atoms with Crippen molar-refractivity contribution in [1.29, 1.82) is 0 Å². The van der Waals surface area contributed by atoms with Gasteiger partial charge in [-0.2, -0.15) is 0 Å². The van der Waals surface area contributed by atoms with E-state index in [2.05, 4.69) is 30.3 Å². The molecule has 2 N–H and O–H groups in total. The molecule has 122 valence electrons. The molecule has 0 aliphatic carbocycles. The molecule has 0 atom stereocenters. The van der Waals surface area contributed by atoms with E-state index in [-0.39, 0.29) is 0 Å². The van der Waals surface area contributed by atoms with Gasteiger partial charge in [0.15, 0.2) is 0 Å². The fourth-order valence-corrected chi connectivity index (χ4v) is 2.91. The van der Waals surface area contributed by atoms with E-state index in [0.717, 1.165) is 36.0 Å². The Morgan fingerprint density at radius 2 is 1.25 bits per heavy atom. The van der Waals surface area contributed by atoms with Crippen LogP contribution in [0.15, 0.2) is 66.7 Å². The predicted octanol–water partition coefficient (Wildman–Crippen LogP) is 4.84. The molecular weight excluding hydrogens is 296 g/mol. The fraction of sp³-hybridized carbons (Fsp3) is 0.182. The highest BCUT2D eigenvalue weighted by molar-refractivity contribution is 5.40. The fourth-order valence-electron chi connectivity index (χ4n) is 2.91. The number of aromatic hydroxyl groups is 2. The second-order valence-electron chi connectivity index (χ2n) is 6.12. The van der Waals surface area contributed by atoms with Crippen LogP contribution in [0.2, 0.25) is 0 Å². The van der Waals surface area contributed by atoms with E-state index in [4.69, 9.17) is 0 Å². The van der Waals surface area contributed by atoms with Crippen LogP contribution in [0.1, 0.15) is 34.7 Å². The molecule has 0 saturated heterocycles. The molecule has 0 unspecified atom stereocenters. The van der Waals surface area contributed by atoms with E-state index in [0.29, 0.717) is 11.5 Å². The van der Waals surface area contributed by atoms with Gasteiger partial charge in [-0.1, -0.05) is 61.5 Å². The number of hydrogen-bond donors (Lipinski definition) is 2. The van der Waals surface area contributed by atoms with Crippen molar-refractivity contribution in [2.45, 2.75) is 26.2 Å². The van der Waals surface area contributed by atoms with Gasteiger partial charge in [-0.25, -0.2) is 0 Å². The third kappa shape index (κ3) is 3.77. The molecule has 3 aromatic rings. The molecule has 0 aromatic heterocycles.